The molecular formula is C14H21NO4. The van der Waals surface area contributed by atoms with Gasteiger partial charge in [0.1, 0.15) is 17.1 Å². The molecule has 1 heterocycles. The minimum absolute atomic E-state index is 0.378. The van der Waals surface area contributed by atoms with Crippen LogP contribution in [0.3, 0.4) is 0 Å². The summed E-state index contributed by atoms with van der Waals surface area (Å²) in [6, 6.07) is 0. The van der Waals surface area contributed by atoms with E-state index in [1.165, 1.54) is 6.92 Å². The third-order valence-corrected chi connectivity index (χ3v) is 3.40. The number of furan rings is 1. The lowest BCUT2D eigenvalue weighted by Gasteiger charge is -2.25. The molecule has 19 heavy (non-hydrogen) atoms. The van der Waals surface area contributed by atoms with Crippen LogP contribution in [0.2, 0.25) is 0 Å². The van der Waals surface area contributed by atoms with Crippen LogP contribution in [0.4, 0.5) is 0 Å². The van der Waals surface area contributed by atoms with Gasteiger partial charge in [-0.05, 0) is 34.1 Å². The molecule has 0 bridgehead atoms. The Morgan fingerprint density at radius 3 is 2.21 bits per heavy atom. The van der Waals surface area contributed by atoms with Crippen LogP contribution in [0.1, 0.15) is 54.1 Å². The Hall–Kier alpha value is -1.78. The summed E-state index contributed by atoms with van der Waals surface area (Å²) in [5.74, 6) is -0.240. The Labute approximate surface area is 113 Å². The number of aryl methyl sites for hydroxylation is 2. The van der Waals surface area contributed by atoms with Gasteiger partial charge in [-0.25, -0.2) is 4.79 Å². The predicted octanol–water partition coefficient (Wildman–Crippen LogP) is 2.58. The van der Waals surface area contributed by atoms with Gasteiger partial charge in [0.05, 0.1) is 5.56 Å². The van der Waals surface area contributed by atoms with Crippen LogP contribution in [0, 0.1) is 20.8 Å². The number of carboxylic acids is 1. The topological polar surface area (TPSA) is 79.5 Å². The molecule has 5 heteroatoms. The number of rotatable bonds is 5. The van der Waals surface area contributed by atoms with Crippen molar-refractivity contribution in [2.75, 3.05) is 0 Å². The predicted molar refractivity (Wildman–Crippen MR) is 71.3 cm³/mol. The molecule has 0 aliphatic carbocycles. The second-order valence-electron chi connectivity index (χ2n) is 5.06. The van der Waals surface area contributed by atoms with Crippen molar-refractivity contribution in [2.45, 2.75) is 53.0 Å². The molecule has 0 saturated heterocycles. The zero-order valence-corrected chi connectivity index (χ0v) is 12.1. The number of aliphatic carboxylic acids is 1. The Morgan fingerprint density at radius 2 is 1.84 bits per heavy atom. The minimum Gasteiger partial charge on any atom is -0.480 e. The molecule has 1 amide bonds. The second kappa shape index (κ2) is 5.47. The first-order chi connectivity index (χ1) is 8.73. The zero-order chi connectivity index (χ0) is 14.8. The average Bonchev–Trinajstić information content (AvgIpc) is 2.52. The van der Waals surface area contributed by atoms with E-state index < -0.39 is 17.4 Å². The molecule has 2 N–H and O–H groups in total. The van der Waals surface area contributed by atoms with E-state index in [0.29, 0.717) is 29.9 Å². The molecule has 0 radical (unpaired) electrons. The van der Waals surface area contributed by atoms with Gasteiger partial charge >= 0.3 is 5.97 Å². The van der Waals surface area contributed by atoms with Crippen LogP contribution in [0.5, 0.6) is 0 Å². The van der Waals surface area contributed by atoms with E-state index in [4.69, 9.17) is 4.42 Å². The van der Waals surface area contributed by atoms with Crippen molar-refractivity contribution in [1.82, 2.24) is 5.32 Å². The van der Waals surface area contributed by atoms with Gasteiger partial charge in [0, 0.05) is 5.56 Å². The average molecular weight is 267 g/mol. The van der Waals surface area contributed by atoms with E-state index in [9.17, 15) is 14.7 Å². The number of amides is 1. The number of carbonyl (C=O) groups is 2. The second-order valence-corrected chi connectivity index (χ2v) is 5.06. The van der Waals surface area contributed by atoms with Crippen molar-refractivity contribution in [3.05, 3.63) is 22.6 Å². The lowest BCUT2D eigenvalue weighted by molar-refractivity contribution is -0.144. The van der Waals surface area contributed by atoms with E-state index in [2.05, 4.69) is 5.32 Å². The summed E-state index contributed by atoms with van der Waals surface area (Å²) in [5, 5.41) is 11.9. The largest absolute Gasteiger partial charge is 0.480 e. The smallest absolute Gasteiger partial charge is 0.329 e. The summed E-state index contributed by atoms with van der Waals surface area (Å²) in [7, 11) is 0. The monoisotopic (exact) mass is 267 g/mol. The van der Waals surface area contributed by atoms with Crippen molar-refractivity contribution in [3.63, 3.8) is 0 Å². The summed E-state index contributed by atoms with van der Waals surface area (Å²) in [5.41, 5.74) is -0.0732. The van der Waals surface area contributed by atoms with Crippen LogP contribution in [0.15, 0.2) is 4.42 Å². The van der Waals surface area contributed by atoms with Crippen molar-refractivity contribution in [1.29, 1.82) is 0 Å². The number of hydrogen-bond acceptors (Lipinski definition) is 3. The van der Waals surface area contributed by atoms with Gasteiger partial charge in [0.25, 0.3) is 5.91 Å². The van der Waals surface area contributed by atoms with Crippen LogP contribution in [-0.4, -0.2) is 22.5 Å². The lowest BCUT2D eigenvalue weighted by Crippen LogP contribution is -2.52. The molecule has 1 aromatic heterocycles. The maximum atomic E-state index is 12.3. The fourth-order valence-electron chi connectivity index (χ4n) is 2.16. The summed E-state index contributed by atoms with van der Waals surface area (Å²) >= 11 is 0. The van der Waals surface area contributed by atoms with Gasteiger partial charge in [-0.15, -0.1) is 0 Å². The fourth-order valence-corrected chi connectivity index (χ4v) is 2.16. The molecule has 0 aliphatic heterocycles. The van der Waals surface area contributed by atoms with Gasteiger partial charge in [0.2, 0.25) is 0 Å². The van der Waals surface area contributed by atoms with E-state index in [0.717, 1.165) is 5.56 Å². The van der Waals surface area contributed by atoms with Crippen LogP contribution >= 0.6 is 0 Å². The molecule has 0 spiro atoms. The number of hydrogen-bond donors (Lipinski definition) is 2. The number of carbonyl (C=O) groups excluding carboxylic acids is 1. The molecule has 0 fully saturated rings. The molecule has 1 rings (SSSR count). The highest BCUT2D eigenvalue weighted by molar-refractivity contribution is 5.99. The molecular weight excluding hydrogens is 246 g/mol. The van der Waals surface area contributed by atoms with Crippen molar-refractivity contribution in [3.8, 4) is 0 Å². The van der Waals surface area contributed by atoms with Gasteiger partial charge in [-0.3, -0.25) is 4.79 Å². The Kier molecular flexibility index (Phi) is 4.39. The van der Waals surface area contributed by atoms with E-state index in [-0.39, 0.29) is 0 Å². The first-order valence-electron chi connectivity index (χ1n) is 6.35. The molecule has 106 valence electrons. The quantitative estimate of drug-likeness (QED) is 0.859. The molecule has 5 nitrogen and oxygen atoms in total. The van der Waals surface area contributed by atoms with Crippen LogP contribution in [0.25, 0.3) is 0 Å². The molecule has 1 unspecified atom stereocenters. The maximum absolute atomic E-state index is 12.3. The van der Waals surface area contributed by atoms with Gasteiger partial charge in [0.15, 0.2) is 0 Å². The van der Waals surface area contributed by atoms with E-state index >= 15 is 0 Å². The molecule has 0 aliphatic rings. The fraction of sp³-hybridized carbons (Fsp3) is 0.571. The first kappa shape index (κ1) is 15.3. The standard InChI is InChI=1S/C14H21NO4/c1-6-7-14(5,13(17)18)15-12(16)11-8(2)9(3)19-10(11)4/h6-7H2,1-5H3,(H,15,16)(H,17,18). The van der Waals surface area contributed by atoms with Crippen LogP contribution < -0.4 is 5.32 Å². The number of nitrogens with one attached hydrogen (secondary N) is 1. The Morgan fingerprint density at radius 1 is 1.26 bits per heavy atom. The van der Waals surface area contributed by atoms with Gasteiger partial charge < -0.3 is 14.8 Å². The highest BCUT2D eigenvalue weighted by Gasteiger charge is 2.35. The van der Waals surface area contributed by atoms with Gasteiger partial charge in [-0.1, -0.05) is 13.3 Å². The lowest BCUT2D eigenvalue weighted by atomic mass is 9.95. The SMILES string of the molecule is CCCC(C)(NC(=O)c1c(C)oc(C)c1C)C(=O)O. The van der Waals surface area contributed by atoms with E-state index in [1.807, 2.05) is 6.92 Å². The zero-order valence-electron chi connectivity index (χ0n) is 12.1. The summed E-state index contributed by atoms with van der Waals surface area (Å²) in [4.78, 5) is 23.6. The maximum Gasteiger partial charge on any atom is 0.329 e. The highest BCUT2D eigenvalue weighted by Crippen LogP contribution is 2.22. The number of carboxylic acid groups (broad SMARTS) is 1. The molecule has 1 aromatic rings. The third kappa shape index (κ3) is 2.97. The normalized spacial score (nSPS) is 13.9. The summed E-state index contributed by atoms with van der Waals surface area (Å²) in [6.45, 7) is 8.67. The van der Waals surface area contributed by atoms with Gasteiger partial charge in [-0.2, -0.15) is 0 Å². The van der Waals surface area contributed by atoms with Crippen molar-refractivity contribution < 1.29 is 19.1 Å². The van der Waals surface area contributed by atoms with Crippen LogP contribution in [-0.2, 0) is 4.79 Å². The molecule has 1 atom stereocenters. The molecule has 0 saturated carbocycles. The van der Waals surface area contributed by atoms with Crippen molar-refractivity contribution >= 4 is 11.9 Å². The highest BCUT2D eigenvalue weighted by atomic mass is 16.4. The Balaban J connectivity index is 3.04. The minimum atomic E-state index is -1.25. The van der Waals surface area contributed by atoms with Crippen molar-refractivity contribution in [2.24, 2.45) is 0 Å². The first-order valence-corrected chi connectivity index (χ1v) is 6.35. The third-order valence-electron chi connectivity index (χ3n) is 3.40. The Bertz CT molecular complexity index is 504. The molecule has 0 aromatic carbocycles. The summed E-state index contributed by atoms with van der Waals surface area (Å²) in [6.07, 6.45) is 1.05. The summed E-state index contributed by atoms with van der Waals surface area (Å²) < 4.78 is 5.39. The van der Waals surface area contributed by atoms with E-state index in [1.54, 1.807) is 20.8 Å².